The maximum atomic E-state index is 13.6. The number of hydrogen-bond donors (Lipinski definition) is 2. The van der Waals surface area contributed by atoms with Crippen LogP contribution in [0.1, 0.15) is 52.5 Å². The summed E-state index contributed by atoms with van der Waals surface area (Å²) in [6.45, 7) is 1.75. The number of carbonyl (C=O) groups is 3. The van der Waals surface area contributed by atoms with Crippen molar-refractivity contribution in [3.63, 3.8) is 0 Å². The van der Waals surface area contributed by atoms with Crippen LogP contribution >= 0.6 is 11.3 Å². The zero-order chi connectivity index (χ0) is 23.9. The summed E-state index contributed by atoms with van der Waals surface area (Å²) in [5, 5.41) is 7.69. The number of anilines is 1. The van der Waals surface area contributed by atoms with Crippen molar-refractivity contribution < 1.29 is 14.4 Å². The molecule has 1 saturated carbocycles. The van der Waals surface area contributed by atoms with Gasteiger partial charge in [0.1, 0.15) is 6.04 Å². The van der Waals surface area contributed by atoms with Crippen molar-refractivity contribution in [1.29, 1.82) is 0 Å². The topological polar surface area (TPSA) is 78.5 Å². The molecule has 1 atom stereocenters. The molecule has 1 aliphatic rings. The molecule has 6 nitrogen and oxygen atoms in total. The molecule has 1 heterocycles. The van der Waals surface area contributed by atoms with E-state index >= 15 is 0 Å². The van der Waals surface area contributed by atoms with Gasteiger partial charge in [0.05, 0.1) is 11.4 Å². The first-order valence-electron chi connectivity index (χ1n) is 11.6. The van der Waals surface area contributed by atoms with Crippen molar-refractivity contribution in [2.45, 2.75) is 44.7 Å². The molecule has 4 rings (SSSR count). The molecule has 0 saturated heterocycles. The second-order valence-electron chi connectivity index (χ2n) is 8.56. The molecule has 0 spiro atoms. The standard InChI is InChI=1S/C27H29N3O3S/c1-19-13-15-22(16-14-19)30(24(31)18-28-26(32)23-12-7-17-34-23)25(20-8-3-2-4-9-20)27(33)29-21-10-5-6-11-21/h2-4,7-9,12-17,21,25H,5-6,10-11,18H2,1H3,(H,28,32)(H,29,33)/t25-/m1/s1. The van der Waals surface area contributed by atoms with E-state index in [0.29, 0.717) is 10.6 Å². The molecule has 2 N–H and O–H groups in total. The first kappa shape index (κ1) is 23.7. The maximum Gasteiger partial charge on any atom is 0.261 e. The van der Waals surface area contributed by atoms with E-state index in [9.17, 15) is 14.4 Å². The molecule has 0 bridgehead atoms. The number of aryl methyl sites for hydroxylation is 1. The minimum absolute atomic E-state index is 0.118. The van der Waals surface area contributed by atoms with E-state index in [-0.39, 0.29) is 30.3 Å². The van der Waals surface area contributed by atoms with Gasteiger partial charge in [-0.1, -0.05) is 66.9 Å². The number of carbonyl (C=O) groups excluding carboxylic acids is 3. The van der Waals surface area contributed by atoms with Gasteiger partial charge in [0, 0.05) is 11.7 Å². The molecule has 176 valence electrons. The molecule has 0 unspecified atom stereocenters. The van der Waals surface area contributed by atoms with Crippen LogP contribution < -0.4 is 15.5 Å². The van der Waals surface area contributed by atoms with Crippen LogP contribution in [0, 0.1) is 6.92 Å². The van der Waals surface area contributed by atoms with E-state index in [1.807, 2.05) is 66.9 Å². The molecular formula is C27H29N3O3S. The highest BCUT2D eigenvalue weighted by Gasteiger charge is 2.34. The molecule has 3 aromatic rings. The Labute approximate surface area is 204 Å². The van der Waals surface area contributed by atoms with Gasteiger partial charge < -0.3 is 10.6 Å². The number of nitrogens with zero attached hydrogens (tertiary/aromatic N) is 1. The van der Waals surface area contributed by atoms with Crippen molar-refractivity contribution in [1.82, 2.24) is 10.6 Å². The fraction of sp³-hybridized carbons (Fsp3) is 0.296. The lowest BCUT2D eigenvalue weighted by atomic mass is 10.0. The number of rotatable bonds is 8. The van der Waals surface area contributed by atoms with Crippen molar-refractivity contribution in [2.75, 3.05) is 11.4 Å². The van der Waals surface area contributed by atoms with E-state index < -0.39 is 6.04 Å². The van der Waals surface area contributed by atoms with Gasteiger partial charge in [-0.15, -0.1) is 11.3 Å². The highest BCUT2D eigenvalue weighted by molar-refractivity contribution is 7.12. The van der Waals surface area contributed by atoms with Gasteiger partial charge in [-0.05, 0) is 48.9 Å². The Balaban J connectivity index is 1.65. The second-order valence-corrected chi connectivity index (χ2v) is 9.51. The van der Waals surface area contributed by atoms with Crippen LogP contribution in [0.5, 0.6) is 0 Å². The van der Waals surface area contributed by atoms with E-state index in [1.165, 1.54) is 16.2 Å². The van der Waals surface area contributed by atoms with Crippen molar-refractivity contribution >= 4 is 34.7 Å². The Morgan fingerprint density at radius 2 is 1.68 bits per heavy atom. The minimum Gasteiger partial charge on any atom is -0.351 e. The van der Waals surface area contributed by atoms with Crippen LogP contribution in [0.25, 0.3) is 0 Å². The Bertz CT molecular complexity index is 1110. The second kappa shape index (κ2) is 11.1. The Hall–Kier alpha value is -3.45. The van der Waals surface area contributed by atoms with Gasteiger partial charge in [0.15, 0.2) is 0 Å². The van der Waals surface area contributed by atoms with E-state index in [4.69, 9.17) is 0 Å². The Kier molecular flexibility index (Phi) is 7.75. The van der Waals surface area contributed by atoms with Gasteiger partial charge in [-0.25, -0.2) is 0 Å². The van der Waals surface area contributed by atoms with Crippen molar-refractivity contribution in [2.24, 2.45) is 0 Å². The van der Waals surface area contributed by atoms with Gasteiger partial charge in [-0.2, -0.15) is 0 Å². The molecule has 1 aliphatic carbocycles. The van der Waals surface area contributed by atoms with Gasteiger partial charge >= 0.3 is 0 Å². The largest absolute Gasteiger partial charge is 0.351 e. The summed E-state index contributed by atoms with van der Waals surface area (Å²) in [6, 6.07) is 19.6. The number of benzene rings is 2. The summed E-state index contributed by atoms with van der Waals surface area (Å²) in [6.07, 6.45) is 4.08. The quantitative estimate of drug-likeness (QED) is 0.499. The van der Waals surface area contributed by atoms with Crippen molar-refractivity contribution in [3.8, 4) is 0 Å². The number of hydrogen-bond acceptors (Lipinski definition) is 4. The zero-order valence-electron chi connectivity index (χ0n) is 19.2. The predicted octanol–water partition coefficient (Wildman–Crippen LogP) is 4.62. The summed E-state index contributed by atoms with van der Waals surface area (Å²) < 4.78 is 0. The summed E-state index contributed by atoms with van der Waals surface area (Å²) >= 11 is 1.31. The maximum absolute atomic E-state index is 13.6. The highest BCUT2D eigenvalue weighted by atomic mass is 32.1. The molecule has 7 heteroatoms. The number of nitrogens with one attached hydrogen (secondary N) is 2. The van der Waals surface area contributed by atoms with Crippen LogP contribution in [0.15, 0.2) is 72.1 Å². The van der Waals surface area contributed by atoms with E-state index in [2.05, 4.69) is 10.6 Å². The summed E-state index contributed by atoms with van der Waals surface area (Å²) in [5.74, 6) is -0.875. The summed E-state index contributed by atoms with van der Waals surface area (Å²) in [5.41, 5.74) is 2.38. The average Bonchev–Trinajstić information content (AvgIpc) is 3.57. The monoisotopic (exact) mass is 475 g/mol. The SMILES string of the molecule is Cc1ccc(N(C(=O)CNC(=O)c2cccs2)[C@@H](C(=O)NC2CCCC2)c2ccccc2)cc1. The predicted molar refractivity (Wildman–Crippen MR) is 135 cm³/mol. The number of amides is 3. The molecule has 0 aliphatic heterocycles. The first-order chi connectivity index (χ1) is 16.5. The molecule has 3 amide bonds. The third kappa shape index (κ3) is 5.72. The highest BCUT2D eigenvalue weighted by Crippen LogP contribution is 2.29. The Morgan fingerprint density at radius 1 is 0.971 bits per heavy atom. The fourth-order valence-corrected chi connectivity index (χ4v) is 4.92. The van der Waals surface area contributed by atoms with Gasteiger partial charge in [0.25, 0.3) is 5.91 Å². The first-order valence-corrected chi connectivity index (χ1v) is 12.5. The number of thiophene rings is 1. The average molecular weight is 476 g/mol. The lowest BCUT2D eigenvalue weighted by Crippen LogP contribution is -2.49. The molecule has 1 aromatic heterocycles. The minimum atomic E-state index is -0.851. The third-order valence-corrected chi connectivity index (χ3v) is 6.92. The van der Waals surface area contributed by atoms with Crippen LogP contribution in [0.4, 0.5) is 5.69 Å². The Morgan fingerprint density at radius 3 is 2.32 bits per heavy atom. The molecule has 34 heavy (non-hydrogen) atoms. The fourth-order valence-electron chi connectivity index (χ4n) is 4.28. The molecule has 1 fully saturated rings. The van der Waals surface area contributed by atoms with Gasteiger partial charge in [-0.3, -0.25) is 19.3 Å². The third-order valence-electron chi connectivity index (χ3n) is 6.05. The van der Waals surface area contributed by atoms with Crippen LogP contribution in [0.2, 0.25) is 0 Å². The normalized spacial score (nSPS) is 14.4. The molecule has 2 aromatic carbocycles. The van der Waals surface area contributed by atoms with Gasteiger partial charge in [0.2, 0.25) is 11.8 Å². The summed E-state index contributed by atoms with van der Waals surface area (Å²) in [4.78, 5) is 41.7. The van der Waals surface area contributed by atoms with Crippen LogP contribution in [-0.4, -0.2) is 30.3 Å². The zero-order valence-corrected chi connectivity index (χ0v) is 20.0. The summed E-state index contributed by atoms with van der Waals surface area (Å²) in [7, 11) is 0. The van der Waals surface area contributed by atoms with Crippen LogP contribution in [-0.2, 0) is 9.59 Å². The van der Waals surface area contributed by atoms with Crippen molar-refractivity contribution in [3.05, 3.63) is 88.1 Å². The van der Waals surface area contributed by atoms with Crippen LogP contribution in [0.3, 0.4) is 0 Å². The lowest BCUT2D eigenvalue weighted by Gasteiger charge is -2.32. The molecular weight excluding hydrogens is 446 g/mol. The van der Waals surface area contributed by atoms with E-state index in [1.54, 1.807) is 12.1 Å². The van der Waals surface area contributed by atoms with E-state index in [0.717, 1.165) is 36.8 Å². The molecule has 0 radical (unpaired) electrons. The lowest BCUT2D eigenvalue weighted by molar-refractivity contribution is -0.126. The smallest absolute Gasteiger partial charge is 0.261 e.